The molecule has 0 spiro atoms. The Hall–Kier alpha value is -1.69. The number of rotatable bonds is 6. The molecule has 0 fully saturated rings. The van der Waals surface area contributed by atoms with E-state index in [0.717, 1.165) is 6.54 Å². The summed E-state index contributed by atoms with van der Waals surface area (Å²) in [6, 6.07) is -0.563. The van der Waals surface area contributed by atoms with Gasteiger partial charge < -0.3 is 16.2 Å². The lowest BCUT2D eigenvalue weighted by Crippen LogP contribution is -2.16. The summed E-state index contributed by atoms with van der Waals surface area (Å²) in [6.07, 6.45) is 2.99. The molecule has 4 N–H and O–H groups in total. The normalized spacial score (nSPS) is 12.5. The summed E-state index contributed by atoms with van der Waals surface area (Å²) in [4.78, 5) is 18.7. The van der Waals surface area contributed by atoms with E-state index in [1.807, 2.05) is 0 Å². The number of hydrogen-bond acceptors (Lipinski definition) is 5. The number of nitrogens with two attached hydrogens (primary N) is 1. The van der Waals surface area contributed by atoms with Crippen molar-refractivity contribution in [2.45, 2.75) is 26.3 Å². The first-order valence-corrected chi connectivity index (χ1v) is 5.52. The number of carbonyl (C=O) groups is 1. The monoisotopic (exact) mass is 238 g/mol. The SMILES string of the molecule is CC(C)CNc1ncc(C(N)CC(=O)O)cn1. The second-order valence-electron chi connectivity index (χ2n) is 4.32. The van der Waals surface area contributed by atoms with Gasteiger partial charge in [0.25, 0.3) is 0 Å². The minimum atomic E-state index is -0.931. The maximum atomic E-state index is 10.5. The second-order valence-corrected chi connectivity index (χ2v) is 4.32. The van der Waals surface area contributed by atoms with Crippen molar-refractivity contribution in [3.63, 3.8) is 0 Å². The molecule has 6 heteroatoms. The topological polar surface area (TPSA) is 101 Å². The molecule has 0 aliphatic carbocycles. The highest BCUT2D eigenvalue weighted by molar-refractivity contribution is 5.67. The lowest BCUT2D eigenvalue weighted by molar-refractivity contribution is -0.137. The molecular weight excluding hydrogens is 220 g/mol. The Balaban J connectivity index is 2.58. The van der Waals surface area contributed by atoms with Crippen molar-refractivity contribution in [2.75, 3.05) is 11.9 Å². The quantitative estimate of drug-likeness (QED) is 0.684. The third kappa shape index (κ3) is 4.78. The van der Waals surface area contributed by atoms with Crippen LogP contribution >= 0.6 is 0 Å². The first kappa shape index (κ1) is 13.4. The van der Waals surface area contributed by atoms with Gasteiger partial charge in [0, 0.05) is 30.5 Å². The Morgan fingerprint density at radius 3 is 2.53 bits per heavy atom. The van der Waals surface area contributed by atoms with Crippen LogP contribution in [0.3, 0.4) is 0 Å². The highest BCUT2D eigenvalue weighted by Crippen LogP contribution is 2.12. The summed E-state index contributed by atoms with van der Waals surface area (Å²) in [5.74, 6) is 0.108. The minimum absolute atomic E-state index is 0.123. The standard InChI is InChI=1S/C11H18N4O2/c1-7(2)4-13-11-14-5-8(6-15-11)9(12)3-10(16)17/h5-7,9H,3-4,12H2,1-2H3,(H,16,17)(H,13,14,15). The molecule has 1 rings (SSSR count). The fraction of sp³-hybridized carbons (Fsp3) is 0.545. The van der Waals surface area contributed by atoms with E-state index in [2.05, 4.69) is 29.1 Å². The number of aromatic nitrogens is 2. The van der Waals surface area contributed by atoms with Gasteiger partial charge >= 0.3 is 5.97 Å². The van der Waals surface area contributed by atoms with Gasteiger partial charge in [0.1, 0.15) is 0 Å². The fourth-order valence-electron chi connectivity index (χ4n) is 1.22. The largest absolute Gasteiger partial charge is 0.481 e. The molecule has 94 valence electrons. The second kappa shape index (κ2) is 6.15. The molecule has 17 heavy (non-hydrogen) atoms. The first-order chi connectivity index (χ1) is 7.99. The Labute approximate surface area is 100 Å². The van der Waals surface area contributed by atoms with Gasteiger partial charge in [-0.05, 0) is 5.92 Å². The number of carboxylic acid groups (broad SMARTS) is 1. The Morgan fingerprint density at radius 2 is 2.06 bits per heavy atom. The van der Waals surface area contributed by atoms with E-state index in [4.69, 9.17) is 10.8 Å². The summed E-state index contributed by atoms with van der Waals surface area (Å²) in [6.45, 7) is 4.97. The molecule has 0 saturated heterocycles. The van der Waals surface area contributed by atoms with Crippen molar-refractivity contribution < 1.29 is 9.90 Å². The third-order valence-electron chi connectivity index (χ3n) is 2.16. The van der Waals surface area contributed by atoms with Crippen molar-refractivity contribution >= 4 is 11.9 Å². The van der Waals surface area contributed by atoms with Crippen LogP contribution in [-0.4, -0.2) is 27.6 Å². The van der Waals surface area contributed by atoms with E-state index in [9.17, 15) is 4.79 Å². The van der Waals surface area contributed by atoms with E-state index in [1.54, 1.807) is 12.4 Å². The summed E-state index contributed by atoms with van der Waals surface area (Å²) >= 11 is 0. The zero-order valence-electron chi connectivity index (χ0n) is 10.1. The van der Waals surface area contributed by atoms with Gasteiger partial charge in [0.2, 0.25) is 5.95 Å². The van der Waals surface area contributed by atoms with Crippen LogP contribution in [0.2, 0.25) is 0 Å². The maximum Gasteiger partial charge on any atom is 0.305 e. The molecule has 0 saturated carbocycles. The van der Waals surface area contributed by atoms with Crippen LogP contribution in [-0.2, 0) is 4.79 Å². The molecule has 0 aliphatic rings. The smallest absolute Gasteiger partial charge is 0.305 e. The number of hydrogen-bond donors (Lipinski definition) is 3. The zero-order chi connectivity index (χ0) is 12.8. The summed E-state index contributed by atoms with van der Waals surface area (Å²) < 4.78 is 0. The van der Waals surface area contributed by atoms with Gasteiger partial charge in [-0.3, -0.25) is 4.79 Å². The highest BCUT2D eigenvalue weighted by Gasteiger charge is 2.11. The van der Waals surface area contributed by atoms with Crippen LogP contribution in [0.4, 0.5) is 5.95 Å². The van der Waals surface area contributed by atoms with Crippen LogP contribution in [0.25, 0.3) is 0 Å². The Bertz CT molecular complexity index is 364. The van der Waals surface area contributed by atoms with Crippen molar-refractivity contribution in [3.8, 4) is 0 Å². The molecule has 0 bridgehead atoms. The molecule has 0 radical (unpaired) electrons. The summed E-state index contributed by atoms with van der Waals surface area (Å²) in [7, 11) is 0. The molecule has 1 aromatic heterocycles. The molecule has 6 nitrogen and oxygen atoms in total. The number of nitrogens with zero attached hydrogens (tertiary/aromatic N) is 2. The van der Waals surface area contributed by atoms with E-state index in [0.29, 0.717) is 17.4 Å². The average Bonchev–Trinajstić information content (AvgIpc) is 2.26. The van der Waals surface area contributed by atoms with Gasteiger partial charge in [0.05, 0.1) is 6.42 Å². The fourth-order valence-corrected chi connectivity index (χ4v) is 1.22. The van der Waals surface area contributed by atoms with Crippen LogP contribution < -0.4 is 11.1 Å². The van der Waals surface area contributed by atoms with Gasteiger partial charge in [0.15, 0.2) is 0 Å². The van der Waals surface area contributed by atoms with E-state index in [1.165, 1.54) is 0 Å². The van der Waals surface area contributed by atoms with Gasteiger partial charge in [-0.2, -0.15) is 0 Å². The number of nitrogens with one attached hydrogen (secondary N) is 1. The highest BCUT2D eigenvalue weighted by atomic mass is 16.4. The molecule has 0 aliphatic heterocycles. The van der Waals surface area contributed by atoms with Crippen LogP contribution in [0.5, 0.6) is 0 Å². The van der Waals surface area contributed by atoms with Gasteiger partial charge in [-0.1, -0.05) is 13.8 Å². The molecule has 1 aromatic rings. The van der Waals surface area contributed by atoms with Gasteiger partial charge in [-0.15, -0.1) is 0 Å². The molecule has 0 aromatic carbocycles. The van der Waals surface area contributed by atoms with E-state index >= 15 is 0 Å². The summed E-state index contributed by atoms with van der Waals surface area (Å²) in [5, 5.41) is 11.7. The molecule has 1 heterocycles. The van der Waals surface area contributed by atoms with Crippen LogP contribution in [0.15, 0.2) is 12.4 Å². The van der Waals surface area contributed by atoms with Crippen molar-refractivity contribution in [1.29, 1.82) is 0 Å². The van der Waals surface area contributed by atoms with Crippen molar-refractivity contribution in [3.05, 3.63) is 18.0 Å². The predicted molar refractivity (Wildman–Crippen MR) is 64.5 cm³/mol. The zero-order valence-corrected chi connectivity index (χ0v) is 10.1. The maximum absolute atomic E-state index is 10.5. The Kier molecular flexibility index (Phi) is 4.84. The molecule has 1 atom stereocenters. The first-order valence-electron chi connectivity index (χ1n) is 5.52. The van der Waals surface area contributed by atoms with Crippen LogP contribution in [0, 0.1) is 5.92 Å². The lowest BCUT2D eigenvalue weighted by Gasteiger charge is -2.10. The summed E-state index contributed by atoms with van der Waals surface area (Å²) in [5.41, 5.74) is 6.31. The number of carboxylic acids is 1. The molecule has 0 amide bonds. The van der Waals surface area contributed by atoms with Crippen LogP contribution in [0.1, 0.15) is 31.9 Å². The van der Waals surface area contributed by atoms with E-state index in [-0.39, 0.29) is 6.42 Å². The van der Waals surface area contributed by atoms with Crippen molar-refractivity contribution in [2.24, 2.45) is 11.7 Å². The number of anilines is 1. The van der Waals surface area contributed by atoms with E-state index < -0.39 is 12.0 Å². The minimum Gasteiger partial charge on any atom is -0.481 e. The Morgan fingerprint density at radius 1 is 1.47 bits per heavy atom. The van der Waals surface area contributed by atoms with Gasteiger partial charge in [-0.25, -0.2) is 9.97 Å². The average molecular weight is 238 g/mol. The molecular formula is C11H18N4O2. The number of aliphatic carboxylic acids is 1. The molecule has 1 unspecified atom stereocenters. The third-order valence-corrected chi connectivity index (χ3v) is 2.16. The lowest BCUT2D eigenvalue weighted by atomic mass is 10.1. The van der Waals surface area contributed by atoms with Crippen molar-refractivity contribution in [1.82, 2.24) is 9.97 Å². The predicted octanol–water partition coefficient (Wildman–Crippen LogP) is 1.02.